The van der Waals surface area contributed by atoms with E-state index in [2.05, 4.69) is 33.6 Å². The molecule has 150 valence electrons. The van der Waals surface area contributed by atoms with Gasteiger partial charge in [0, 0.05) is 19.6 Å². The molecule has 1 atom stereocenters. The number of guanidine groups is 1. The maximum Gasteiger partial charge on any atom is 0.196 e. The molecule has 4 rings (SSSR count). The first-order valence-electron chi connectivity index (χ1n) is 9.84. The Bertz CT molecular complexity index is 1020. The van der Waals surface area contributed by atoms with Gasteiger partial charge in [0.25, 0.3) is 0 Å². The van der Waals surface area contributed by atoms with Crippen LogP contribution in [0, 0.1) is 11.7 Å². The van der Waals surface area contributed by atoms with E-state index in [1.807, 2.05) is 30.5 Å². The maximum absolute atomic E-state index is 13.1. The second kappa shape index (κ2) is 8.03. The van der Waals surface area contributed by atoms with Crippen LogP contribution in [-0.2, 0) is 0 Å². The van der Waals surface area contributed by atoms with Crippen molar-refractivity contribution in [3.63, 3.8) is 0 Å². The third-order valence-corrected chi connectivity index (χ3v) is 5.31. The molecule has 3 aromatic rings. The van der Waals surface area contributed by atoms with Gasteiger partial charge in [-0.1, -0.05) is 26.0 Å². The number of rotatable bonds is 3. The number of piperazine rings is 1. The van der Waals surface area contributed by atoms with Gasteiger partial charge in [0.2, 0.25) is 0 Å². The van der Waals surface area contributed by atoms with Gasteiger partial charge in [-0.3, -0.25) is 4.98 Å². The van der Waals surface area contributed by atoms with Crippen molar-refractivity contribution in [3.05, 3.63) is 60.5 Å². The van der Waals surface area contributed by atoms with Crippen LogP contribution in [0.4, 0.5) is 15.9 Å². The summed E-state index contributed by atoms with van der Waals surface area (Å²) >= 11 is 0. The Labute approximate surface area is 169 Å². The van der Waals surface area contributed by atoms with Gasteiger partial charge >= 0.3 is 0 Å². The summed E-state index contributed by atoms with van der Waals surface area (Å²) in [5, 5.41) is 0. The zero-order valence-electron chi connectivity index (χ0n) is 16.7. The highest BCUT2D eigenvalue weighted by molar-refractivity contribution is 5.82. The maximum atomic E-state index is 13.1. The van der Waals surface area contributed by atoms with Crippen molar-refractivity contribution in [3.8, 4) is 0 Å². The molecule has 2 heterocycles. The zero-order chi connectivity index (χ0) is 20.4. The molecule has 1 unspecified atom stereocenters. The topological polar surface area (TPSA) is 70.6 Å². The van der Waals surface area contributed by atoms with Crippen LogP contribution in [0.3, 0.4) is 0 Å². The number of aliphatic imine (C=N–C) groups is 1. The molecule has 2 N–H and O–H groups in total. The first-order chi connectivity index (χ1) is 14.0. The fourth-order valence-electron chi connectivity index (χ4n) is 3.69. The molecule has 6 nitrogen and oxygen atoms in total. The van der Waals surface area contributed by atoms with Gasteiger partial charge in [0.05, 0.1) is 29.0 Å². The Hall–Kier alpha value is -3.22. The van der Waals surface area contributed by atoms with Gasteiger partial charge in [-0.05, 0) is 42.3 Å². The van der Waals surface area contributed by atoms with Gasteiger partial charge in [-0.15, -0.1) is 0 Å². The average Bonchev–Trinajstić information content (AvgIpc) is 2.74. The number of nitrogens with two attached hydrogens (primary N) is 1. The molecule has 29 heavy (non-hydrogen) atoms. The molecule has 0 radical (unpaired) electrons. The molecule has 0 aliphatic carbocycles. The molecule has 1 saturated heterocycles. The molecule has 1 aliphatic heterocycles. The lowest BCUT2D eigenvalue weighted by Crippen LogP contribution is -2.59. The van der Waals surface area contributed by atoms with E-state index < -0.39 is 0 Å². The molecule has 0 saturated carbocycles. The normalized spacial score (nSPS) is 17.9. The number of anilines is 1. The van der Waals surface area contributed by atoms with Gasteiger partial charge in [0.15, 0.2) is 5.96 Å². The molecule has 0 bridgehead atoms. The van der Waals surface area contributed by atoms with Crippen molar-refractivity contribution in [2.45, 2.75) is 19.9 Å². The summed E-state index contributed by atoms with van der Waals surface area (Å²) in [6.45, 7) is 6.64. The van der Waals surface area contributed by atoms with E-state index in [9.17, 15) is 4.39 Å². The van der Waals surface area contributed by atoms with Gasteiger partial charge < -0.3 is 15.5 Å². The minimum atomic E-state index is -0.285. The number of hydrogen-bond acceptors (Lipinski definition) is 4. The largest absolute Gasteiger partial charge is 0.369 e. The van der Waals surface area contributed by atoms with E-state index >= 15 is 0 Å². The van der Waals surface area contributed by atoms with Crippen molar-refractivity contribution >= 4 is 28.5 Å². The van der Waals surface area contributed by atoms with E-state index in [-0.39, 0.29) is 11.9 Å². The Balaban J connectivity index is 1.55. The highest BCUT2D eigenvalue weighted by Gasteiger charge is 2.31. The standard InChI is InChI=1S/C22H25FN6/c1-15(2)20-14-28(21-13-25-18-5-3-4-6-19(18)27-21)11-12-29(20)22(24)26-17-9-7-16(23)8-10-17/h3-10,13,15,20H,11-12,14H2,1-2H3,(H2,24,26). The molecule has 1 fully saturated rings. The molecule has 1 aliphatic rings. The third-order valence-electron chi connectivity index (χ3n) is 5.31. The van der Waals surface area contributed by atoms with Gasteiger partial charge in [-0.2, -0.15) is 0 Å². The van der Waals surface area contributed by atoms with Crippen LogP contribution in [0.5, 0.6) is 0 Å². The van der Waals surface area contributed by atoms with Crippen molar-refractivity contribution in [1.82, 2.24) is 14.9 Å². The third kappa shape index (κ3) is 4.13. The summed E-state index contributed by atoms with van der Waals surface area (Å²) in [5.74, 6) is 1.42. The summed E-state index contributed by atoms with van der Waals surface area (Å²) in [6, 6.07) is 14.1. The number of nitrogens with zero attached hydrogens (tertiary/aromatic N) is 5. The van der Waals surface area contributed by atoms with Crippen molar-refractivity contribution in [2.75, 3.05) is 24.5 Å². The minimum absolute atomic E-state index is 0.182. The van der Waals surface area contributed by atoms with Crippen molar-refractivity contribution in [2.24, 2.45) is 16.6 Å². The Kier molecular flexibility index (Phi) is 5.29. The van der Waals surface area contributed by atoms with Crippen LogP contribution < -0.4 is 10.6 Å². The van der Waals surface area contributed by atoms with Crippen LogP contribution >= 0.6 is 0 Å². The Morgan fingerprint density at radius 3 is 2.55 bits per heavy atom. The lowest BCUT2D eigenvalue weighted by molar-refractivity contribution is 0.222. The smallest absolute Gasteiger partial charge is 0.196 e. The molecule has 2 aromatic carbocycles. The van der Waals surface area contributed by atoms with Crippen molar-refractivity contribution in [1.29, 1.82) is 0 Å². The summed E-state index contributed by atoms with van der Waals surface area (Å²) in [5.41, 5.74) is 8.78. The van der Waals surface area contributed by atoms with Crippen LogP contribution in [0.1, 0.15) is 13.8 Å². The fourth-order valence-corrected chi connectivity index (χ4v) is 3.69. The Morgan fingerprint density at radius 1 is 1.10 bits per heavy atom. The van der Waals surface area contributed by atoms with Gasteiger partial charge in [0.1, 0.15) is 11.6 Å². The zero-order valence-corrected chi connectivity index (χ0v) is 16.7. The lowest BCUT2D eigenvalue weighted by atomic mass is 10.00. The monoisotopic (exact) mass is 392 g/mol. The summed E-state index contributed by atoms with van der Waals surface area (Å²) < 4.78 is 13.1. The number of para-hydroxylation sites is 2. The highest BCUT2D eigenvalue weighted by atomic mass is 19.1. The van der Waals surface area contributed by atoms with Crippen LogP contribution in [0.2, 0.25) is 0 Å². The van der Waals surface area contributed by atoms with E-state index in [1.54, 1.807) is 12.1 Å². The predicted molar refractivity (Wildman–Crippen MR) is 115 cm³/mol. The van der Waals surface area contributed by atoms with E-state index in [0.29, 0.717) is 17.6 Å². The number of halogens is 1. The van der Waals surface area contributed by atoms with E-state index in [1.165, 1.54) is 12.1 Å². The highest BCUT2D eigenvalue weighted by Crippen LogP contribution is 2.23. The quantitative estimate of drug-likeness (QED) is 0.545. The van der Waals surface area contributed by atoms with Crippen LogP contribution in [0.15, 0.2) is 59.7 Å². The molecule has 0 spiro atoms. The summed E-state index contributed by atoms with van der Waals surface area (Å²) in [4.78, 5) is 18.2. The lowest BCUT2D eigenvalue weighted by Gasteiger charge is -2.44. The number of aromatic nitrogens is 2. The number of hydrogen-bond donors (Lipinski definition) is 1. The summed E-state index contributed by atoms with van der Waals surface area (Å²) in [6.07, 6.45) is 1.84. The Morgan fingerprint density at radius 2 is 1.83 bits per heavy atom. The molecular weight excluding hydrogens is 367 g/mol. The number of benzene rings is 2. The van der Waals surface area contributed by atoms with E-state index in [4.69, 9.17) is 10.7 Å². The minimum Gasteiger partial charge on any atom is -0.369 e. The fraction of sp³-hybridized carbons (Fsp3) is 0.318. The first-order valence-corrected chi connectivity index (χ1v) is 9.84. The van der Waals surface area contributed by atoms with E-state index in [0.717, 1.165) is 36.5 Å². The second-order valence-corrected chi connectivity index (χ2v) is 7.61. The van der Waals surface area contributed by atoms with Crippen LogP contribution in [-0.4, -0.2) is 46.5 Å². The molecule has 0 amide bonds. The SMILES string of the molecule is CC(C)C1CN(c2cnc3ccccc3n2)CCN1C(N)=Nc1ccc(F)cc1. The van der Waals surface area contributed by atoms with Gasteiger partial charge in [-0.25, -0.2) is 14.4 Å². The first kappa shape index (κ1) is 19.1. The predicted octanol–water partition coefficient (Wildman–Crippen LogP) is 3.56. The molecular formula is C22H25FN6. The average molecular weight is 392 g/mol. The van der Waals surface area contributed by atoms with Crippen LogP contribution in [0.25, 0.3) is 11.0 Å². The summed E-state index contributed by atoms with van der Waals surface area (Å²) in [7, 11) is 0. The van der Waals surface area contributed by atoms with Crippen molar-refractivity contribution < 1.29 is 4.39 Å². The second-order valence-electron chi connectivity index (χ2n) is 7.61. The molecule has 1 aromatic heterocycles. The molecule has 7 heteroatoms. The number of fused-ring (bicyclic) bond motifs is 1.